The van der Waals surface area contributed by atoms with Crippen LogP contribution in [0.2, 0.25) is 0 Å². The summed E-state index contributed by atoms with van der Waals surface area (Å²) in [5, 5.41) is 15.8. The maximum Gasteiger partial charge on any atom is 0.220 e. The monoisotopic (exact) mass is 357 g/mol. The molecule has 0 radical (unpaired) electrons. The Hall–Kier alpha value is -3.54. The minimum absolute atomic E-state index is 0.0187. The zero-order chi connectivity index (χ0) is 18.5. The van der Waals surface area contributed by atoms with Crippen LogP contribution < -0.4 is 5.32 Å². The predicted octanol–water partition coefficient (Wildman–Crippen LogP) is 3.04. The lowest BCUT2D eigenvalue weighted by Crippen LogP contribution is -2.24. The molecule has 0 saturated heterocycles. The van der Waals surface area contributed by atoms with E-state index >= 15 is 0 Å². The number of nitrogens with one attached hydrogen (secondary N) is 1. The van der Waals surface area contributed by atoms with E-state index in [1.165, 1.54) is 0 Å². The number of carbonyl (C=O) groups is 1. The first-order valence-corrected chi connectivity index (χ1v) is 8.87. The standard InChI is InChI=1S/C21H19N5O/c27-21(14-11-16-7-3-1-4-8-16)22-15-20-24-23-19-13-12-18(25-26(19)20)17-9-5-2-6-10-17/h1-10,12-13H,11,14-15H2,(H,22,27). The van der Waals surface area contributed by atoms with E-state index in [1.54, 1.807) is 4.52 Å². The largest absolute Gasteiger partial charge is 0.349 e. The predicted molar refractivity (Wildman–Crippen MR) is 103 cm³/mol. The van der Waals surface area contributed by atoms with Crippen LogP contribution in [-0.2, 0) is 17.8 Å². The number of amides is 1. The maximum absolute atomic E-state index is 12.1. The number of carbonyl (C=O) groups excluding carboxylic acids is 1. The fraction of sp³-hybridized carbons (Fsp3) is 0.143. The average Bonchev–Trinajstić information content (AvgIpc) is 3.14. The molecule has 2 aromatic heterocycles. The molecule has 27 heavy (non-hydrogen) atoms. The van der Waals surface area contributed by atoms with Crippen LogP contribution in [0.4, 0.5) is 0 Å². The summed E-state index contributed by atoms with van der Waals surface area (Å²) in [5.41, 5.74) is 3.66. The van der Waals surface area contributed by atoms with E-state index in [9.17, 15) is 4.79 Å². The van der Waals surface area contributed by atoms with E-state index < -0.39 is 0 Å². The molecule has 0 fully saturated rings. The lowest BCUT2D eigenvalue weighted by atomic mass is 10.1. The van der Waals surface area contributed by atoms with E-state index in [0.29, 0.717) is 30.9 Å². The van der Waals surface area contributed by atoms with Crippen molar-refractivity contribution >= 4 is 11.6 Å². The third-order valence-electron chi connectivity index (χ3n) is 4.32. The lowest BCUT2D eigenvalue weighted by Gasteiger charge is -2.05. The number of nitrogens with zero attached hydrogens (tertiary/aromatic N) is 4. The van der Waals surface area contributed by atoms with Gasteiger partial charge in [-0.2, -0.15) is 9.61 Å². The van der Waals surface area contributed by atoms with Crippen LogP contribution in [0, 0.1) is 0 Å². The van der Waals surface area contributed by atoms with Gasteiger partial charge >= 0.3 is 0 Å². The quantitative estimate of drug-likeness (QED) is 0.576. The van der Waals surface area contributed by atoms with Crippen LogP contribution in [0.5, 0.6) is 0 Å². The van der Waals surface area contributed by atoms with Gasteiger partial charge in [-0.3, -0.25) is 4.79 Å². The molecule has 2 heterocycles. The van der Waals surface area contributed by atoms with Gasteiger partial charge in [-0.15, -0.1) is 10.2 Å². The van der Waals surface area contributed by atoms with Gasteiger partial charge in [0.1, 0.15) is 0 Å². The van der Waals surface area contributed by atoms with Gasteiger partial charge in [-0.05, 0) is 24.1 Å². The SMILES string of the molecule is O=C(CCc1ccccc1)NCc1nnc2ccc(-c3ccccc3)nn12. The molecular weight excluding hydrogens is 338 g/mol. The van der Waals surface area contributed by atoms with Crippen LogP contribution in [0.3, 0.4) is 0 Å². The Morgan fingerprint density at radius 1 is 0.889 bits per heavy atom. The van der Waals surface area contributed by atoms with Gasteiger partial charge in [0.25, 0.3) is 0 Å². The minimum Gasteiger partial charge on any atom is -0.349 e. The van der Waals surface area contributed by atoms with Gasteiger partial charge < -0.3 is 5.32 Å². The molecule has 6 nitrogen and oxygen atoms in total. The Morgan fingerprint density at radius 3 is 2.41 bits per heavy atom. The lowest BCUT2D eigenvalue weighted by molar-refractivity contribution is -0.121. The van der Waals surface area contributed by atoms with E-state index in [1.807, 2.05) is 72.8 Å². The molecule has 4 aromatic rings. The summed E-state index contributed by atoms with van der Waals surface area (Å²) in [6.45, 7) is 0.292. The molecule has 1 N–H and O–H groups in total. The molecule has 0 saturated carbocycles. The molecule has 0 aliphatic carbocycles. The number of aromatic nitrogens is 4. The number of hydrogen-bond acceptors (Lipinski definition) is 4. The number of hydrogen-bond donors (Lipinski definition) is 1. The van der Waals surface area contributed by atoms with Crippen molar-refractivity contribution in [2.45, 2.75) is 19.4 Å². The third-order valence-corrected chi connectivity index (χ3v) is 4.32. The number of aryl methyl sites for hydroxylation is 1. The van der Waals surface area contributed by atoms with Gasteiger partial charge in [0.15, 0.2) is 11.5 Å². The second-order valence-corrected chi connectivity index (χ2v) is 6.23. The molecule has 0 unspecified atom stereocenters. The van der Waals surface area contributed by atoms with Gasteiger partial charge in [0.05, 0.1) is 12.2 Å². The van der Waals surface area contributed by atoms with Crippen LogP contribution >= 0.6 is 0 Å². The molecule has 6 heteroatoms. The second-order valence-electron chi connectivity index (χ2n) is 6.23. The molecule has 1 amide bonds. The van der Waals surface area contributed by atoms with Crippen LogP contribution in [0.15, 0.2) is 72.8 Å². The average molecular weight is 357 g/mol. The zero-order valence-corrected chi connectivity index (χ0v) is 14.7. The van der Waals surface area contributed by atoms with Crippen molar-refractivity contribution in [1.29, 1.82) is 0 Å². The fourth-order valence-corrected chi connectivity index (χ4v) is 2.87. The first-order chi connectivity index (χ1) is 13.3. The molecule has 0 atom stereocenters. The first-order valence-electron chi connectivity index (χ1n) is 8.87. The summed E-state index contributed by atoms with van der Waals surface area (Å²) in [4.78, 5) is 12.1. The first kappa shape index (κ1) is 16.9. The number of fused-ring (bicyclic) bond motifs is 1. The van der Waals surface area contributed by atoms with Crippen molar-refractivity contribution in [2.24, 2.45) is 0 Å². The Balaban J connectivity index is 1.43. The normalized spacial score (nSPS) is 10.8. The van der Waals surface area contributed by atoms with Crippen molar-refractivity contribution in [2.75, 3.05) is 0 Å². The molecule has 134 valence electrons. The molecule has 0 spiro atoms. The highest BCUT2D eigenvalue weighted by Gasteiger charge is 2.10. The maximum atomic E-state index is 12.1. The fourth-order valence-electron chi connectivity index (χ4n) is 2.87. The highest BCUT2D eigenvalue weighted by atomic mass is 16.1. The smallest absolute Gasteiger partial charge is 0.220 e. The van der Waals surface area contributed by atoms with E-state index in [4.69, 9.17) is 0 Å². The van der Waals surface area contributed by atoms with Crippen LogP contribution in [-0.4, -0.2) is 25.7 Å². The van der Waals surface area contributed by atoms with Crippen molar-refractivity contribution in [1.82, 2.24) is 25.1 Å². The topological polar surface area (TPSA) is 72.2 Å². The summed E-state index contributed by atoms with van der Waals surface area (Å²) in [6, 6.07) is 23.7. The van der Waals surface area contributed by atoms with Gasteiger partial charge in [-0.1, -0.05) is 60.7 Å². The molecule has 0 aliphatic heterocycles. The highest BCUT2D eigenvalue weighted by molar-refractivity contribution is 5.76. The van der Waals surface area contributed by atoms with Crippen molar-refractivity contribution in [3.63, 3.8) is 0 Å². The molecular formula is C21H19N5O. The Labute approximate surface area is 156 Å². The Bertz CT molecular complexity index is 1040. The van der Waals surface area contributed by atoms with E-state index in [2.05, 4.69) is 20.6 Å². The number of benzene rings is 2. The highest BCUT2D eigenvalue weighted by Crippen LogP contribution is 2.16. The summed E-state index contributed by atoms with van der Waals surface area (Å²) in [5.74, 6) is 0.589. The van der Waals surface area contributed by atoms with Gasteiger partial charge in [0.2, 0.25) is 5.91 Å². The van der Waals surface area contributed by atoms with Gasteiger partial charge in [0, 0.05) is 12.0 Å². The van der Waals surface area contributed by atoms with Crippen molar-refractivity contribution in [3.8, 4) is 11.3 Å². The minimum atomic E-state index is -0.0187. The molecule has 0 bridgehead atoms. The van der Waals surface area contributed by atoms with Gasteiger partial charge in [-0.25, -0.2) is 0 Å². The van der Waals surface area contributed by atoms with Crippen LogP contribution in [0.1, 0.15) is 17.8 Å². The van der Waals surface area contributed by atoms with Crippen molar-refractivity contribution in [3.05, 3.63) is 84.2 Å². The van der Waals surface area contributed by atoms with Crippen LogP contribution in [0.25, 0.3) is 16.9 Å². The number of rotatable bonds is 6. The summed E-state index contributed by atoms with van der Waals surface area (Å²) >= 11 is 0. The van der Waals surface area contributed by atoms with Crippen molar-refractivity contribution < 1.29 is 4.79 Å². The zero-order valence-electron chi connectivity index (χ0n) is 14.7. The molecule has 0 aliphatic rings. The molecule has 2 aromatic carbocycles. The third kappa shape index (κ3) is 4.00. The summed E-state index contributed by atoms with van der Waals surface area (Å²) < 4.78 is 1.68. The Morgan fingerprint density at radius 2 is 1.63 bits per heavy atom. The van der Waals surface area contributed by atoms with E-state index in [0.717, 1.165) is 16.8 Å². The summed E-state index contributed by atoms with van der Waals surface area (Å²) in [7, 11) is 0. The molecule has 4 rings (SSSR count). The second kappa shape index (κ2) is 7.78. The summed E-state index contributed by atoms with van der Waals surface area (Å²) in [6.07, 6.45) is 1.15. The van der Waals surface area contributed by atoms with E-state index in [-0.39, 0.29) is 5.91 Å². The Kier molecular flexibility index (Phi) is 4.87.